The van der Waals surface area contributed by atoms with Crippen LogP contribution in [0.25, 0.3) is 0 Å². The number of rotatable bonds is 6. The molecule has 1 amide bonds. The van der Waals surface area contributed by atoms with Gasteiger partial charge in [-0.1, -0.05) is 17.7 Å². The zero-order chi connectivity index (χ0) is 16.2. The minimum absolute atomic E-state index is 0.0117. The van der Waals surface area contributed by atoms with Crippen molar-refractivity contribution in [2.75, 3.05) is 19.1 Å². The van der Waals surface area contributed by atoms with Gasteiger partial charge in [0.2, 0.25) is 5.91 Å². The Morgan fingerprint density at radius 3 is 2.62 bits per heavy atom. The highest BCUT2D eigenvalue weighted by molar-refractivity contribution is 7.90. The predicted molar refractivity (Wildman–Crippen MR) is 80.2 cm³/mol. The van der Waals surface area contributed by atoms with Gasteiger partial charge in [-0.3, -0.25) is 4.79 Å². The number of nitrogens with two attached hydrogens (primary N) is 1. The first-order valence-electron chi connectivity index (χ1n) is 6.22. The third kappa shape index (κ3) is 5.99. The fourth-order valence-electron chi connectivity index (χ4n) is 1.74. The number of nitrogens with zero attached hydrogens (tertiary/aromatic N) is 1. The van der Waals surface area contributed by atoms with Gasteiger partial charge in [0.25, 0.3) is 0 Å². The lowest BCUT2D eigenvalue weighted by atomic mass is 10.1. The largest absolute Gasteiger partial charge is 0.340 e. The molecule has 1 atom stereocenters. The summed E-state index contributed by atoms with van der Waals surface area (Å²) in [7, 11) is -1.64. The van der Waals surface area contributed by atoms with Gasteiger partial charge in [-0.15, -0.1) is 0 Å². The summed E-state index contributed by atoms with van der Waals surface area (Å²) in [6.45, 7) is 0.166. The van der Waals surface area contributed by atoms with E-state index in [2.05, 4.69) is 0 Å². The molecule has 1 rings (SSSR count). The number of carbonyl (C=O) groups excluding carboxylic acids is 1. The number of likely N-dealkylation sites (N-methyl/N-ethyl adjacent to an activating group) is 1. The highest BCUT2D eigenvalue weighted by atomic mass is 35.5. The van der Waals surface area contributed by atoms with Crippen LogP contribution in [-0.4, -0.2) is 44.3 Å². The van der Waals surface area contributed by atoms with Crippen LogP contribution in [0.3, 0.4) is 0 Å². The molecule has 0 heterocycles. The zero-order valence-electron chi connectivity index (χ0n) is 11.8. The van der Waals surface area contributed by atoms with Gasteiger partial charge in [-0.2, -0.15) is 0 Å². The van der Waals surface area contributed by atoms with E-state index in [-0.39, 0.29) is 23.7 Å². The molecular weight excluding hydrogens is 319 g/mol. The second-order valence-electron chi connectivity index (χ2n) is 4.97. The molecule has 0 bridgehead atoms. The quantitative estimate of drug-likeness (QED) is 0.846. The van der Waals surface area contributed by atoms with Crippen LogP contribution >= 0.6 is 11.6 Å². The standard InChI is InChI=1S/C13H18ClFN2O3S/c1-17(8-9-3-4-10(14)11(15)7-9)13(18)12(16)5-6-21(2,19)20/h3-4,7,12H,5-6,8,16H2,1-2H3. The summed E-state index contributed by atoms with van der Waals surface area (Å²) in [5.74, 6) is -1.10. The van der Waals surface area contributed by atoms with Crippen LogP contribution in [0.2, 0.25) is 5.02 Å². The SMILES string of the molecule is CN(Cc1ccc(Cl)c(F)c1)C(=O)C(N)CCS(C)(=O)=O. The maximum Gasteiger partial charge on any atom is 0.239 e. The summed E-state index contributed by atoms with van der Waals surface area (Å²) in [5.41, 5.74) is 6.25. The minimum Gasteiger partial charge on any atom is -0.340 e. The van der Waals surface area contributed by atoms with E-state index in [0.29, 0.717) is 5.56 Å². The second kappa shape index (κ2) is 7.20. The fourth-order valence-corrected chi connectivity index (χ4v) is 2.54. The van der Waals surface area contributed by atoms with E-state index < -0.39 is 27.6 Å². The van der Waals surface area contributed by atoms with Gasteiger partial charge >= 0.3 is 0 Å². The molecule has 5 nitrogen and oxygen atoms in total. The Kier molecular flexibility index (Phi) is 6.12. The van der Waals surface area contributed by atoms with Crippen LogP contribution in [-0.2, 0) is 21.2 Å². The van der Waals surface area contributed by atoms with E-state index >= 15 is 0 Å². The lowest BCUT2D eigenvalue weighted by Gasteiger charge is -2.21. The Morgan fingerprint density at radius 2 is 2.10 bits per heavy atom. The Balaban J connectivity index is 2.63. The van der Waals surface area contributed by atoms with Crippen LogP contribution < -0.4 is 5.73 Å². The highest BCUT2D eigenvalue weighted by Crippen LogP contribution is 2.16. The molecule has 1 aromatic carbocycles. The smallest absolute Gasteiger partial charge is 0.239 e. The topological polar surface area (TPSA) is 80.5 Å². The number of benzene rings is 1. The van der Waals surface area contributed by atoms with Crippen LogP contribution in [0.4, 0.5) is 4.39 Å². The van der Waals surface area contributed by atoms with E-state index in [0.717, 1.165) is 6.26 Å². The number of hydrogen-bond donors (Lipinski definition) is 1. The lowest BCUT2D eigenvalue weighted by molar-refractivity contribution is -0.131. The average Bonchev–Trinajstić information content (AvgIpc) is 2.38. The number of carbonyl (C=O) groups is 1. The molecule has 8 heteroatoms. The number of amides is 1. The first kappa shape index (κ1) is 17.9. The Morgan fingerprint density at radius 1 is 1.48 bits per heavy atom. The van der Waals surface area contributed by atoms with Gasteiger partial charge in [0.15, 0.2) is 0 Å². The predicted octanol–water partition coefficient (Wildman–Crippen LogP) is 1.20. The molecule has 21 heavy (non-hydrogen) atoms. The molecule has 0 fully saturated rings. The average molecular weight is 337 g/mol. The Hall–Kier alpha value is -1.18. The van der Waals surface area contributed by atoms with Gasteiger partial charge in [-0.25, -0.2) is 12.8 Å². The summed E-state index contributed by atoms with van der Waals surface area (Å²) in [6, 6.07) is 3.36. The first-order valence-corrected chi connectivity index (χ1v) is 8.66. The maximum atomic E-state index is 13.3. The molecule has 0 aromatic heterocycles. The van der Waals surface area contributed by atoms with Crippen molar-refractivity contribution < 1.29 is 17.6 Å². The van der Waals surface area contributed by atoms with Crippen molar-refractivity contribution >= 4 is 27.3 Å². The summed E-state index contributed by atoms with van der Waals surface area (Å²) in [5, 5.41) is 0.0117. The molecule has 118 valence electrons. The van der Waals surface area contributed by atoms with Crippen molar-refractivity contribution in [1.29, 1.82) is 0 Å². The second-order valence-corrected chi connectivity index (χ2v) is 7.63. The molecule has 2 N–H and O–H groups in total. The van der Waals surface area contributed by atoms with E-state index in [9.17, 15) is 17.6 Å². The molecule has 0 radical (unpaired) electrons. The zero-order valence-corrected chi connectivity index (χ0v) is 13.4. The molecule has 0 aliphatic heterocycles. The van der Waals surface area contributed by atoms with Gasteiger partial charge in [0.05, 0.1) is 16.8 Å². The maximum absolute atomic E-state index is 13.3. The van der Waals surface area contributed by atoms with Crippen molar-refractivity contribution in [1.82, 2.24) is 4.90 Å². The van der Waals surface area contributed by atoms with Crippen LogP contribution in [0.5, 0.6) is 0 Å². The van der Waals surface area contributed by atoms with Crippen LogP contribution in [0.15, 0.2) is 18.2 Å². The summed E-state index contributed by atoms with van der Waals surface area (Å²) >= 11 is 5.58. The summed E-state index contributed by atoms with van der Waals surface area (Å²) < 4.78 is 35.4. The molecule has 0 aliphatic rings. The molecule has 0 saturated carbocycles. The minimum atomic E-state index is -3.16. The molecular formula is C13H18ClFN2O3S. The van der Waals surface area contributed by atoms with E-state index in [4.69, 9.17) is 17.3 Å². The van der Waals surface area contributed by atoms with Crippen molar-refractivity contribution in [2.45, 2.75) is 19.0 Å². The van der Waals surface area contributed by atoms with Crippen molar-refractivity contribution in [2.24, 2.45) is 5.73 Å². The highest BCUT2D eigenvalue weighted by Gasteiger charge is 2.20. The third-order valence-electron chi connectivity index (χ3n) is 2.90. The van der Waals surface area contributed by atoms with E-state index in [1.165, 1.54) is 24.1 Å². The van der Waals surface area contributed by atoms with E-state index in [1.807, 2.05) is 0 Å². The van der Waals surface area contributed by atoms with Gasteiger partial charge in [-0.05, 0) is 24.1 Å². The molecule has 0 spiro atoms. The third-order valence-corrected chi connectivity index (χ3v) is 4.18. The van der Waals surface area contributed by atoms with Crippen LogP contribution in [0, 0.1) is 5.82 Å². The lowest BCUT2D eigenvalue weighted by Crippen LogP contribution is -2.42. The van der Waals surface area contributed by atoms with Gasteiger partial charge in [0, 0.05) is 19.8 Å². The number of halogens is 2. The molecule has 1 aromatic rings. The van der Waals surface area contributed by atoms with Crippen molar-refractivity contribution in [3.8, 4) is 0 Å². The Bertz CT molecular complexity index is 622. The normalized spacial score (nSPS) is 13.0. The monoisotopic (exact) mass is 336 g/mol. The molecule has 1 unspecified atom stereocenters. The number of hydrogen-bond acceptors (Lipinski definition) is 4. The Labute approximate surface area is 128 Å². The van der Waals surface area contributed by atoms with Gasteiger partial charge < -0.3 is 10.6 Å². The van der Waals surface area contributed by atoms with Crippen LogP contribution in [0.1, 0.15) is 12.0 Å². The first-order chi connectivity index (χ1) is 9.60. The fraction of sp³-hybridized carbons (Fsp3) is 0.462. The van der Waals surface area contributed by atoms with Gasteiger partial charge in [0.1, 0.15) is 15.7 Å². The molecule has 0 aliphatic carbocycles. The number of sulfone groups is 1. The summed E-state index contributed by atoms with van der Waals surface area (Å²) in [4.78, 5) is 13.3. The summed E-state index contributed by atoms with van der Waals surface area (Å²) in [6.07, 6.45) is 1.14. The molecule has 0 saturated heterocycles. The van der Waals surface area contributed by atoms with E-state index in [1.54, 1.807) is 6.07 Å². The van der Waals surface area contributed by atoms with Crippen molar-refractivity contribution in [3.63, 3.8) is 0 Å². The van der Waals surface area contributed by atoms with Crippen molar-refractivity contribution in [3.05, 3.63) is 34.6 Å².